The Bertz CT molecular complexity index is 505. The van der Waals surface area contributed by atoms with Crippen LogP contribution in [0.25, 0.3) is 0 Å². The second-order valence-electron chi connectivity index (χ2n) is 6.36. The summed E-state index contributed by atoms with van der Waals surface area (Å²) < 4.78 is 5.55. The summed E-state index contributed by atoms with van der Waals surface area (Å²) in [7, 11) is 0. The molecule has 3 unspecified atom stereocenters. The first kappa shape index (κ1) is 18.7. The van der Waals surface area contributed by atoms with E-state index in [0.29, 0.717) is 26.2 Å². The third kappa shape index (κ3) is 4.06. The molecule has 2 aliphatic rings. The first-order chi connectivity index (χ1) is 10.6. The minimum absolute atomic E-state index is 0. The number of nitrogens with zero attached hydrogens (tertiary/aromatic N) is 1. The van der Waals surface area contributed by atoms with Gasteiger partial charge in [-0.15, -0.1) is 23.7 Å². The van der Waals surface area contributed by atoms with Crippen LogP contribution in [0.4, 0.5) is 0 Å². The summed E-state index contributed by atoms with van der Waals surface area (Å²) in [6.45, 7) is 4.58. The largest absolute Gasteiger partial charge is 0.387 e. The average molecular weight is 361 g/mol. The van der Waals surface area contributed by atoms with Crippen molar-refractivity contribution in [1.29, 1.82) is 0 Å². The van der Waals surface area contributed by atoms with Gasteiger partial charge in [0.25, 0.3) is 0 Å². The standard InChI is InChI=1S/C16H24N2O3S.ClH/c1-16(5-3-6-17-16)15(20)18-7-8-21-11-12(18)10-13(19)14-4-2-9-22-14;/h2,4,9,12-13,17,19H,3,5-8,10-11H2,1H3;1H. The van der Waals surface area contributed by atoms with Crippen LogP contribution in [0.2, 0.25) is 0 Å². The second kappa shape index (κ2) is 7.94. The molecule has 1 aromatic heterocycles. The number of rotatable bonds is 4. The molecule has 0 aliphatic carbocycles. The molecule has 2 aliphatic heterocycles. The van der Waals surface area contributed by atoms with Crippen LogP contribution in [0, 0.1) is 0 Å². The zero-order chi connectivity index (χ0) is 15.6. The molecule has 0 bridgehead atoms. The fourth-order valence-corrected chi connectivity index (χ4v) is 4.09. The van der Waals surface area contributed by atoms with Gasteiger partial charge < -0.3 is 20.1 Å². The lowest BCUT2D eigenvalue weighted by Gasteiger charge is -2.40. The molecule has 0 radical (unpaired) electrons. The normalized spacial score (nSPS) is 29.1. The lowest BCUT2D eigenvalue weighted by atomic mass is 9.96. The zero-order valence-corrected chi connectivity index (χ0v) is 15.0. The summed E-state index contributed by atoms with van der Waals surface area (Å²) in [4.78, 5) is 15.8. The fourth-order valence-electron chi connectivity index (χ4n) is 3.37. The van der Waals surface area contributed by atoms with Crippen LogP contribution >= 0.6 is 23.7 Å². The molecular weight excluding hydrogens is 336 g/mol. The molecule has 2 saturated heterocycles. The highest BCUT2D eigenvalue weighted by molar-refractivity contribution is 7.10. The number of amides is 1. The molecule has 5 nitrogen and oxygen atoms in total. The number of carbonyl (C=O) groups excluding carboxylic acids is 1. The molecule has 1 aromatic rings. The SMILES string of the molecule is CC1(C(=O)N2CCOCC2CC(O)c2cccs2)CCCN1.Cl. The highest BCUT2D eigenvalue weighted by atomic mass is 35.5. The molecule has 0 aromatic carbocycles. The number of aliphatic hydroxyl groups excluding tert-OH is 1. The molecule has 2 N–H and O–H groups in total. The van der Waals surface area contributed by atoms with E-state index in [1.54, 1.807) is 11.3 Å². The smallest absolute Gasteiger partial charge is 0.242 e. The van der Waals surface area contributed by atoms with E-state index in [0.717, 1.165) is 24.3 Å². The summed E-state index contributed by atoms with van der Waals surface area (Å²) in [5.41, 5.74) is -0.455. The molecule has 3 atom stereocenters. The summed E-state index contributed by atoms with van der Waals surface area (Å²) in [6.07, 6.45) is 1.91. The Kier molecular flexibility index (Phi) is 6.45. The number of morpholine rings is 1. The molecule has 3 rings (SSSR count). The first-order valence-electron chi connectivity index (χ1n) is 7.95. The second-order valence-corrected chi connectivity index (χ2v) is 7.34. The number of thiophene rings is 1. The van der Waals surface area contributed by atoms with E-state index in [9.17, 15) is 9.90 Å². The van der Waals surface area contributed by atoms with E-state index in [1.165, 1.54) is 0 Å². The molecule has 0 spiro atoms. The Morgan fingerprint density at radius 2 is 2.48 bits per heavy atom. The lowest BCUT2D eigenvalue weighted by molar-refractivity contribution is -0.147. The topological polar surface area (TPSA) is 61.8 Å². The van der Waals surface area contributed by atoms with Gasteiger partial charge in [0.15, 0.2) is 0 Å². The predicted molar refractivity (Wildman–Crippen MR) is 93.1 cm³/mol. The van der Waals surface area contributed by atoms with E-state index in [2.05, 4.69) is 5.32 Å². The van der Waals surface area contributed by atoms with Crippen molar-refractivity contribution in [3.05, 3.63) is 22.4 Å². The van der Waals surface area contributed by atoms with Gasteiger partial charge in [0.2, 0.25) is 5.91 Å². The lowest BCUT2D eigenvalue weighted by Crippen LogP contribution is -2.59. The zero-order valence-electron chi connectivity index (χ0n) is 13.4. The van der Waals surface area contributed by atoms with Crippen molar-refractivity contribution in [1.82, 2.24) is 10.2 Å². The average Bonchev–Trinajstić information content (AvgIpc) is 3.19. The maximum absolute atomic E-state index is 12.9. The highest BCUT2D eigenvalue weighted by Crippen LogP contribution is 2.29. The van der Waals surface area contributed by atoms with Crippen LogP contribution in [0.3, 0.4) is 0 Å². The van der Waals surface area contributed by atoms with Crippen LogP contribution in [0.5, 0.6) is 0 Å². The molecular formula is C16H25ClN2O3S. The van der Waals surface area contributed by atoms with Crippen molar-refractivity contribution in [3.63, 3.8) is 0 Å². The van der Waals surface area contributed by atoms with Crippen molar-refractivity contribution >= 4 is 29.7 Å². The molecule has 7 heteroatoms. The van der Waals surface area contributed by atoms with E-state index >= 15 is 0 Å². The monoisotopic (exact) mass is 360 g/mol. The number of hydrogen-bond acceptors (Lipinski definition) is 5. The van der Waals surface area contributed by atoms with Crippen LogP contribution in [0.1, 0.15) is 37.2 Å². The quantitative estimate of drug-likeness (QED) is 0.861. The number of ether oxygens (including phenoxy) is 1. The summed E-state index contributed by atoms with van der Waals surface area (Å²) >= 11 is 1.55. The van der Waals surface area contributed by atoms with E-state index in [1.807, 2.05) is 29.3 Å². The number of aliphatic hydroxyl groups is 1. The Labute approximate surface area is 147 Å². The highest BCUT2D eigenvalue weighted by Gasteiger charge is 2.42. The van der Waals surface area contributed by atoms with Crippen molar-refractivity contribution in [2.45, 2.75) is 43.9 Å². The van der Waals surface area contributed by atoms with Crippen LogP contribution < -0.4 is 5.32 Å². The van der Waals surface area contributed by atoms with Crippen molar-refractivity contribution < 1.29 is 14.6 Å². The Hall–Kier alpha value is -0.660. The molecule has 2 fully saturated rings. The Morgan fingerprint density at radius 1 is 1.65 bits per heavy atom. The summed E-state index contributed by atoms with van der Waals surface area (Å²) in [5.74, 6) is 0.150. The first-order valence-corrected chi connectivity index (χ1v) is 8.83. The minimum atomic E-state index is -0.536. The number of halogens is 1. The van der Waals surface area contributed by atoms with Crippen LogP contribution in [-0.4, -0.2) is 53.8 Å². The van der Waals surface area contributed by atoms with Gasteiger partial charge >= 0.3 is 0 Å². The van der Waals surface area contributed by atoms with Crippen molar-refractivity contribution in [3.8, 4) is 0 Å². The van der Waals surface area contributed by atoms with Gasteiger partial charge in [0.05, 0.1) is 30.9 Å². The van der Waals surface area contributed by atoms with E-state index in [4.69, 9.17) is 4.74 Å². The Balaban J connectivity index is 0.00000192. The van der Waals surface area contributed by atoms with Gasteiger partial charge in [0, 0.05) is 17.8 Å². The van der Waals surface area contributed by atoms with Crippen LogP contribution in [-0.2, 0) is 9.53 Å². The third-order valence-electron chi connectivity index (χ3n) is 4.70. The summed E-state index contributed by atoms with van der Waals surface area (Å²) in [5, 5.41) is 15.7. The maximum Gasteiger partial charge on any atom is 0.242 e. The van der Waals surface area contributed by atoms with Crippen LogP contribution in [0.15, 0.2) is 17.5 Å². The van der Waals surface area contributed by atoms with E-state index in [-0.39, 0.29) is 24.4 Å². The number of carbonyl (C=O) groups is 1. The number of hydrogen-bond donors (Lipinski definition) is 2. The molecule has 0 saturated carbocycles. The van der Waals surface area contributed by atoms with Gasteiger partial charge in [-0.1, -0.05) is 6.07 Å². The van der Waals surface area contributed by atoms with Crippen molar-refractivity contribution in [2.75, 3.05) is 26.3 Å². The van der Waals surface area contributed by atoms with Gasteiger partial charge in [-0.2, -0.15) is 0 Å². The number of nitrogens with one attached hydrogen (secondary N) is 1. The maximum atomic E-state index is 12.9. The third-order valence-corrected chi connectivity index (χ3v) is 5.67. The Morgan fingerprint density at radius 3 is 3.13 bits per heavy atom. The van der Waals surface area contributed by atoms with E-state index < -0.39 is 11.6 Å². The van der Waals surface area contributed by atoms with Gasteiger partial charge in [-0.3, -0.25) is 4.79 Å². The predicted octanol–water partition coefficient (Wildman–Crippen LogP) is 1.96. The minimum Gasteiger partial charge on any atom is -0.387 e. The van der Waals surface area contributed by atoms with Gasteiger partial charge in [-0.25, -0.2) is 0 Å². The molecule has 3 heterocycles. The van der Waals surface area contributed by atoms with Crippen molar-refractivity contribution in [2.24, 2.45) is 0 Å². The summed E-state index contributed by atoms with van der Waals surface area (Å²) in [6, 6.07) is 3.82. The van der Waals surface area contributed by atoms with Gasteiger partial charge in [0.1, 0.15) is 0 Å². The fraction of sp³-hybridized carbons (Fsp3) is 0.688. The van der Waals surface area contributed by atoms with Gasteiger partial charge in [-0.05, 0) is 37.8 Å². The molecule has 130 valence electrons. The molecule has 23 heavy (non-hydrogen) atoms. The molecule has 1 amide bonds.